The SMILES string of the molecule is COc1cc(C(=O)NCc2ccc(CCl)cc2)ccc1F. The second-order valence-electron chi connectivity index (χ2n) is 4.48. The van der Waals surface area contributed by atoms with Gasteiger partial charge < -0.3 is 10.1 Å². The number of rotatable bonds is 5. The molecular formula is C16H15ClFNO2. The first kappa shape index (κ1) is 15.3. The van der Waals surface area contributed by atoms with Crippen LogP contribution in [-0.2, 0) is 12.4 Å². The monoisotopic (exact) mass is 307 g/mol. The fourth-order valence-electron chi connectivity index (χ4n) is 1.83. The highest BCUT2D eigenvalue weighted by Gasteiger charge is 2.09. The number of carbonyl (C=O) groups excluding carboxylic acids is 1. The number of carbonyl (C=O) groups is 1. The van der Waals surface area contributed by atoms with E-state index in [2.05, 4.69) is 5.32 Å². The summed E-state index contributed by atoms with van der Waals surface area (Å²) in [5.41, 5.74) is 2.34. The molecular weight excluding hydrogens is 293 g/mol. The molecule has 0 saturated heterocycles. The van der Waals surface area contributed by atoms with Gasteiger partial charge in [-0.05, 0) is 29.3 Å². The molecule has 0 heterocycles. The number of alkyl halides is 1. The molecule has 3 nitrogen and oxygen atoms in total. The lowest BCUT2D eigenvalue weighted by Gasteiger charge is -2.08. The van der Waals surface area contributed by atoms with Crippen LogP contribution in [0.1, 0.15) is 21.5 Å². The zero-order valence-electron chi connectivity index (χ0n) is 11.5. The molecule has 0 radical (unpaired) electrons. The number of benzene rings is 2. The van der Waals surface area contributed by atoms with Crippen molar-refractivity contribution in [2.45, 2.75) is 12.4 Å². The van der Waals surface area contributed by atoms with E-state index in [0.717, 1.165) is 11.1 Å². The maximum atomic E-state index is 13.3. The minimum absolute atomic E-state index is 0.0501. The number of methoxy groups -OCH3 is 1. The summed E-state index contributed by atoms with van der Waals surface area (Å²) >= 11 is 5.72. The summed E-state index contributed by atoms with van der Waals surface area (Å²) < 4.78 is 18.1. The highest BCUT2D eigenvalue weighted by atomic mass is 35.5. The predicted octanol–water partition coefficient (Wildman–Crippen LogP) is 3.50. The molecule has 2 aromatic carbocycles. The number of ether oxygens (including phenoxy) is 1. The van der Waals surface area contributed by atoms with Crippen LogP contribution < -0.4 is 10.1 Å². The summed E-state index contributed by atoms with van der Waals surface area (Å²) in [5.74, 6) is -0.267. The summed E-state index contributed by atoms with van der Waals surface area (Å²) in [6, 6.07) is 11.6. The average Bonchev–Trinajstić information content (AvgIpc) is 2.53. The molecule has 2 rings (SSSR count). The molecule has 2 aromatic rings. The minimum Gasteiger partial charge on any atom is -0.494 e. The van der Waals surface area contributed by atoms with E-state index in [9.17, 15) is 9.18 Å². The van der Waals surface area contributed by atoms with Crippen molar-refractivity contribution in [3.63, 3.8) is 0 Å². The van der Waals surface area contributed by atoms with E-state index in [-0.39, 0.29) is 11.7 Å². The molecule has 0 fully saturated rings. The van der Waals surface area contributed by atoms with Crippen LogP contribution in [0.5, 0.6) is 5.75 Å². The summed E-state index contributed by atoms with van der Waals surface area (Å²) in [6.07, 6.45) is 0. The third-order valence-electron chi connectivity index (χ3n) is 3.04. The molecule has 0 atom stereocenters. The molecule has 0 spiro atoms. The molecule has 21 heavy (non-hydrogen) atoms. The number of nitrogens with one attached hydrogen (secondary N) is 1. The van der Waals surface area contributed by atoms with Gasteiger partial charge in [-0.2, -0.15) is 0 Å². The van der Waals surface area contributed by atoms with Gasteiger partial charge >= 0.3 is 0 Å². The molecule has 0 aliphatic carbocycles. The van der Waals surface area contributed by atoms with Crippen LogP contribution in [0.4, 0.5) is 4.39 Å². The molecule has 0 saturated carbocycles. The van der Waals surface area contributed by atoms with Gasteiger partial charge in [0.25, 0.3) is 5.91 Å². The Bertz CT molecular complexity index is 629. The third kappa shape index (κ3) is 3.95. The van der Waals surface area contributed by atoms with Crippen molar-refractivity contribution in [3.8, 4) is 5.75 Å². The van der Waals surface area contributed by atoms with Crippen LogP contribution in [0.25, 0.3) is 0 Å². The Balaban J connectivity index is 2.00. The highest BCUT2D eigenvalue weighted by molar-refractivity contribution is 6.17. The fraction of sp³-hybridized carbons (Fsp3) is 0.188. The summed E-state index contributed by atoms with van der Waals surface area (Å²) in [5, 5.41) is 2.77. The second-order valence-corrected chi connectivity index (χ2v) is 4.75. The first-order valence-electron chi connectivity index (χ1n) is 6.39. The molecule has 0 bridgehead atoms. The Morgan fingerprint density at radius 3 is 2.48 bits per heavy atom. The normalized spacial score (nSPS) is 10.2. The van der Waals surface area contributed by atoms with E-state index in [4.69, 9.17) is 16.3 Å². The van der Waals surface area contributed by atoms with E-state index in [0.29, 0.717) is 18.0 Å². The Kier molecular flexibility index (Phi) is 5.17. The van der Waals surface area contributed by atoms with Crippen molar-refractivity contribution in [3.05, 3.63) is 65.0 Å². The second kappa shape index (κ2) is 7.09. The van der Waals surface area contributed by atoms with E-state index >= 15 is 0 Å². The van der Waals surface area contributed by atoms with Gasteiger partial charge in [-0.25, -0.2) is 4.39 Å². The number of hydrogen-bond acceptors (Lipinski definition) is 2. The van der Waals surface area contributed by atoms with E-state index in [1.165, 1.54) is 25.3 Å². The van der Waals surface area contributed by atoms with Crippen LogP contribution in [0.15, 0.2) is 42.5 Å². The molecule has 110 valence electrons. The van der Waals surface area contributed by atoms with Gasteiger partial charge in [-0.3, -0.25) is 4.79 Å². The molecule has 0 aromatic heterocycles. The first-order valence-corrected chi connectivity index (χ1v) is 6.93. The van der Waals surface area contributed by atoms with Crippen molar-refractivity contribution >= 4 is 17.5 Å². The lowest BCUT2D eigenvalue weighted by molar-refractivity contribution is 0.0950. The van der Waals surface area contributed by atoms with Gasteiger partial charge in [-0.1, -0.05) is 24.3 Å². The van der Waals surface area contributed by atoms with Crippen molar-refractivity contribution in [1.29, 1.82) is 0 Å². The number of amides is 1. The Morgan fingerprint density at radius 1 is 1.19 bits per heavy atom. The van der Waals surface area contributed by atoms with Gasteiger partial charge in [0, 0.05) is 18.0 Å². The van der Waals surface area contributed by atoms with Gasteiger partial charge in [0.2, 0.25) is 0 Å². The predicted molar refractivity (Wildman–Crippen MR) is 80.1 cm³/mol. The summed E-state index contributed by atoms with van der Waals surface area (Å²) in [6.45, 7) is 0.390. The number of halogens is 2. The molecule has 5 heteroatoms. The topological polar surface area (TPSA) is 38.3 Å². The van der Waals surface area contributed by atoms with Gasteiger partial charge in [-0.15, -0.1) is 11.6 Å². The molecule has 1 N–H and O–H groups in total. The van der Waals surface area contributed by atoms with Crippen LogP contribution in [0.3, 0.4) is 0 Å². The van der Waals surface area contributed by atoms with Crippen LogP contribution in [0.2, 0.25) is 0 Å². The van der Waals surface area contributed by atoms with Gasteiger partial charge in [0.05, 0.1) is 7.11 Å². The van der Waals surface area contributed by atoms with Crippen molar-refractivity contribution in [1.82, 2.24) is 5.32 Å². The van der Waals surface area contributed by atoms with E-state index < -0.39 is 5.82 Å². The molecule has 1 amide bonds. The maximum absolute atomic E-state index is 13.3. The quantitative estimate of drug-likeness (QED) is 0.859. The van der Waals surface area contributed by atoms with Crippen molar-refractivity contribution in [2.24, 2.45) is 0 Å². The first-order chi connectivity index (χ1) is 10.1. The minimum atomic E-state index is -0.495. The third-order valence-corrected chi connectivity index (χ3v) is 3.35. The van der Waals surface area contributed by atoms with E-state index in [1.54, 1.807) is 0 Å². The van der Waals surface area contributed by atoms with Crippen molar-refractivity contribution < 1.29 is 13.9 Å². The fourth-order valence-corrected chi connectivity index (χ4v) is 2.01. The number of hydrogen-bond donors (Lipinski definition) is 1. The molecule has 0 aliphatic heterocycles. The average molecular weight is 308 g/mol. The standard InChI is InChI=1S/C16H15ClFNO2/c1-21-15-8-13(6-7-14(15)18)16(20)19-10-12-4-2-11(9-17)3-5-12/h2-8H,9-10H2,1H3,(H,19,20). The maximum Gasteiger partial charge on any atom is 0.251 e. The summed E-state index contributed by atoms with van der Waals surface area (Å²) in [7, 11) is 1.36. The Hall–Kier alpha value is -2.07. The molecule has 0 aliphatic rings. The Labute approximate surface area is 127 Å². The van der Waals surface area contributed by atoms with Gasteiger partial charge in [0.1, 0.15) is 0 Å². The molecule has 0 unspecified atom stereocenters. The smallest absolute Gasteiger partial charge is 0.251 e. The Morgan fingerprint density at radius 2 is 1.86 bits per heavy atom. The lowest BCUT2D eigenvalue weighted by Crippen LogP contribution is -2.22. The van der Waals surface area contributed by atoms with Crippen molar-refractivity contribution in [2.75, 3.05) is 7.11 Å². The van der Waals surface area contributed by atoms with Crippen LogP contribution in [0, 0.1) is 5.82 Å². The van der Waals surface area contributed by atoms with Crippen LogP contribution in [-0.4, -0.2) is 13.0 Å². The zero-order chi connectivity index (χ0) is 15.2. The highest BCUT2D eigenvalue weighted by Crippen LogP contribution is 2.18. The van der Waals surface area contributed by atoms with E-state index in [1.807, 2.05) is 24.3 Å². The van der Waals surface area contributed by atoms with Gasteiger partial charge in [0.15, 0.2) is 11.6 Å². The zero-order valence-corrected chi connectivity index (χ0v) is 12.3. The largest absolute Gasteiger partial charge is 0.494 e. The lowest BCUT2D eigenvalue weighted by atomic mass is 10.1. The summed E-state index contributed by atoms with van der Waals surface area (Å²) in [4.78, 5) is 12.0. The van der Waals surface area contributed by atoms with Crippen LogP contribution >= 0.6 is 11.6 Å².